The molecule has 1 aromatic rings. The summed E-state index contributed by atoms with van der Waals surface area (Å²) in [6.45, 7) is 7.03. The molecule has 1 atom stereocenters. The molecule has 120 valence electrons. The number of likely N-dealkylation sites (tertiary alicyclic amines) is 1. The molecule has 0 N–H and O–H groups in total. The van der Waals surface area contributed by atoms with Crippen LogP contribution in [0, 0.1) is 11.3 Å². The molecule has 1 heterocycles. The lowest BCUT2D eigenvalue weighted by molar-refractivity contribution is -0.261. The van der Waals surface area contributed by atoms with Gasteiger partial charge in [0.05, 0.1) is 12.5 Å². The summed E-state index contributed by atoms with van der Waals surface area (Å²) < 4.78 is 11.9. The molecule has 0 spiro atoms. The minimum atomic E-state index is -0.516. The molecule has 4 nitrogen and oxygen atoms in total. The van der Waals surface area contributed by atoms with Gasteiger partial charge < -0.3 is 9.47 Å². The van der Waals surface area contributed by atoms with Crippen molar-refractivity contribution in [3.8, 4) is 6.07 Å². The normalized spacial score (nSPS) is 21.4. The number of hydrogen-bond donors (Lipinski definition) is 0. The Bertz CT molecular complexity index is 478. The van der Waals surface area contributed by atoms with Crippen LogP contribution in [0.15, 0.2) is 30.3 Å². The van der Waals surface area contributed by atoms with Crippen LogP contribution in [-0.4, -0.2) is 36.5 Å². The minimum absolute atomic E-state index is 0.178. The van der Waals surface area contributed by atoms with E-state index in [-0.39, 0.29) is 6.04 Å². The predicted molar refractivity (Wildman–Crippen MR) is 86.1 cm³/mol. The summed E-state index contributed by atoms with van der Waals surface area (Å²) in [5.74, 6) is -0.516. The van der Waals surface area contributed by atoms with Crippen molar-refractivity contribution >= 4 is 0 Å². The zero-order valence-electron chi connectivity index (χ0n) is 13.6. The maximum absolute atomic E-state index is 9.17. The van der Waals surface area contributed by atoms with E-state index in [9.17, 15) is 5.26 Å². The first-order valence-electron chi connectivity index (χ1n) is 8.16. The maximum atomic E-state index is 9.17. The molecule has 1 aliphatic heterocycles. The summed E-state index contributed by atoms with van der Waals surface area (Å²) in [7, 11) is 0. The van der Waals surface area contributed by atoms with E-state index in [1.807, 2.05) is 19.9 Å². The molecule has 0 radical (unpaired) electrons. The van der Waals surface area contributed by atoms with Crippen LogP contribution in [0.5, 0.6) is 0 Å². The van der Waals surface area contributed by atoms with Gasteiger partial charge in [-0.05, 0) is 19.4 Å². The van der Waals surface area contributed by atoms with Crippen molar-refractivity contribution in [2.45, 2.75) is 51.5 Å². The highest BCUT2D eigenvalue weighted by atomic mass is 16.7. The van der Waals surface area contributed by atoms with Crippen LogP contribution in [0.25, 0.3) is 0 Å². The average Bonchev–Trinajstić information content (AvgIpc) is 2.52. The SMILES string of the molecule is CCOC1(OCC)CCN(Cc2ccccc2)[C@@H](CC#N)C1. The second kappa shape index (κ2) is 8.28. The third kappa shape index (κ3) is 4.30. The number of piperidine rings is 1. The summed E-state index contributed by atoms with van der Waals surface area (Å²) in [4.78, 5) is 2.38. The lowest BCUT2D eigenvalue weighted by Gasteiger charge is -2.45. The summed E-state index contributed by atoms with van der Waals surface area (Å²) >= 11 is 0. The Morgan fingerprint density at radius 2 is 1.91 bits per heavy atom. The first-order chi connectivity index (χ1) is 10.7. The first-order valence-corrected chi connectivity index (χ1v) is 8.16. The highest BCUT2D eigenvalue weighted by Crippen LogP contribution is 2.33. The highest BCUT2D eigenvalue weighted by molar-refractivity contribution is 5.15. The van der Waals surface area contributed by atoms with Crippen LogP contribution < -0.4 is 0 Å². The fourth-order valence-corrected chi connectivity index (χ4v) is 3.25. The van der Waals surface area contributed by atoms with Gasteiger partial charge in [0.25, 0.3) is 0 Å². The number of rotatable bonds is 7. The lowest BCUT2D eigenvalue weighted by atomic mass is 9.93. The topological polar surface area (TPSA) is 45.5 Å². The van der Waals surface area contributed by atoms with Crippen molar-refractivity contribution in [3.05, 3.63) is 35.9 Å². The van der Waals surface area contributed by atoms with E-state index in [0.717, 1.165) is 25.9 Å². The van der Waals surface area contributed by atoms with Crippen molar-refractivity contribution in [1.82, 2.24) is 4.90 Å². The van der Waals surface area contributed by atoms with E-state index in [4.69, 9.17) is 9.47 Å². The molecule has 1 aromatic carbocycles. The van der Waals surface area contributed by atoms with E-state index in [0.29, 0.717) is 19.6 Å². The zero-order valence-corrected chi connectivity index (χ0v) is 13.6. The predicted octanol–water partition coefficient (Wildman–Crippen LogP) is 3.33. The molecule has 0 unspecified atom stereocenters. The Morgan fingerprint density at radius 3 is 2.50 bits per heavy atom. The van der Waals surface area contributed by atoms with Crippen LogP contribution >= 0.6 is 0 Å². The molecule has 1 saturated heterocycles. The molecule has 0 bridgehead atoms. The van der Waals surface area contributed by atoms with Crippen LogP contribution in [0.1, 0.15) is 38.7 Å². The van der Waals surface area contributed by atoms with Gasteiger partial charge in [-0.2, -0.15) is 5.26 Å². The maximum Gasteiger partial charge on any atom is 0.170 e. The van der Waals surface area contributed by atoms with Crippen molar-refractivity contribution in [2.24, 2.45) is 0 Å². The molecule has 0 saturated carbocycles. The molecule has 0 aromatic heterocycles. The monoisotopic (exact) mass is 302 g/mol. The Balaban J connectivity index is 2.08. The molecular formula is C18H26N2O2. The number of benzene rings is 1. The number of ether oxygens (including phenoxy) is 2. The quantitative estimate of drug-likeness (QED) is 0.725. The standard InChI is InChI=1S/C18H26N2O2/c1-3-21-18(22-4-2)11-13-20(17(14-18)10-12-19)15-16-8-6-5-7-9-16/h5-9,17H,3-4,10-11,13-15H2,1-2H3/t17-/m0/s1. The van der Waals surface area contributed by atoms with Gasteiger partial charge in [-0.3, -0.25) is 4.90 Å². The largest absolute Gasteiger partial charge is 0.350 e. The van der Waals surface area contributed by atoms with Crippen molar-refractivity contribution in [2.75, 3.05) is 19.8 Å². The third-order valence-electron chi connectivity index (χ3n) is 4.21. The average molecular weight is 302 g/mol. The first kappa shape index (κ1) is 17.0. The van der Waals surface area contributed by atoms with Gasteiger partial charge in [-0.15, -0.1) is 0 Å². The smallest absolute Gasteiger partial charge is 0.170 e. The Morgan fingerprint density at radius 1 is 1.23 bits per heavy atom. The van der Waals surface area contributed by atoms with Crippen LogP contribution in [0.2, 0.25) is 0 Å². The third-order valence-corrected chi connectivity index (χ3v) is 4.21. The molecule has 2 rings (SSSR count). The molecular weight excluding hydrogens is 276 g/mol. The van der Waals surface area contributed by atoms with E-state index in [1.165, 1.54) is 5.56 Å². The molecule has 22 heavy (non-hydrogen) atoms. The molecule has 0 amide bonds. The van der Waals surface area contributed by atoms with Crippen LogP contribution in [0.4, 0.5) is 0 Å². The van der Waals surface area contributed by atoms with Gasteiger partial charge in [-0.1, -0.05) is 30.3 Å². The van der Waals surface area contributed by atoms with Gasteiger partial charge in [0.15, 0.2) is 5.79 Å². The fourth-order valence-electron chi connectivity index (χ4n) is 3.25. The number of hydrogen-bond acceptors (Lipinski definition) is 4. The highest BCUT2D eigenvalue weighted by Gasteiger charge is 2.41. The van der Waals surface area contributed by atoms with E-state index < -0.39 is 5.79 Å². The van der Waals surface area contributed by atoms with E-state index in [1.54, 1.807) is 0 Å². The summed E-state index contributed by atoms with van der Waals surface area (Å²) in [6, 6.07) is 12.9. The van der Waals surface area contributed by atoms with Crippen LogP contribution in [0.3, 0.4) is 0 Å². The molecule has 4 heteroatoms. The zero-order chi connectivity index (χ0) is 15.8. The van der Waals surface area contributed by atoms with Gasteiger partial charge >= 0.3 is 0 Å². The molecule has 1 aliphatic rings. The Kier molecular flexibility index (Phi) is 6.38. The molecule has 1 fully saturated rings. The summed E-state index contributed by atoms with van der Waals surface area (Å²) in [5, 5.41) is 9.17. The second-order valence-corrected chi connectivity index (χ2v) is 5.70. The summed E-state index contributed by atoms with van der Waals surface area (Å²) in [5.41, 5.74) is 1.28. The van der Waals surface area contributed by atoms with Gasteiger partial charge in [-0.25, -0.2) is 0 Å². The van der Waals surface area contributed by atoms with Crippen molar-refractivity contribution in [3.63, 3.8) is 0 Å². The second-order valence-electron chi connectivity index (χ2n) is 5.70. The van der Waals surface area contributed by atoms with Crippen molar-refractivity contribution < 1.29 is 9.47 Å². The lowest BCUT2D eigenvalue weighted by Crippen LogP contribution is -2.52. The van der Waals surface area contributed by atoms with Gasteiger partial charge in [0.2, 0.25) is 0 Å². The Labute approximate surface area is 133 Å². The van der Waals surface area contributed by atoms with Crippen molar-refractivity contribution in [1.29, 1.82) is 5.26 Å². The Hall–Kier alpha value is -1.41. The molecule has 0 aliphatic carbocycles. The van der Waals surface area contributed by atoms with E-state index >= 15 is 0 Å². The van der Waals surface area contributed by atoms with Crippen LogP contribution in [-0.2, 0) is 16.0 Å². The summed E-state index contributed by atoms with van der Waals surface area (Å²) in [6.07, 6.45) is 2.12. The minimum Gasteiger partial charge on any atom is -0.350 e. The van der Waals surface area contributed by atoms with Gasteiger partial charge in [0, 0.05) is 45.2 Å². The van der Waals surface area contributed by atoms with E-state index in [2.05, 4.69) is 35.2 Å². The number of nitriles is 1. The fraction of sp³-hybridized carbons (Fsp3) is 0.611. The van der Waals surface area contributed by atoms with Gasteiger partial charge in [0.1, 0.15) is 0 Å². The number of nitrogens with zero attached hydrogens (tertiary/aromatic N) is 2.